The molecule has 0 saturated carbocycles. The topological polar surface area (TPSA) is 96.7 Å². The zero-order valence-corrected chi connectivity index (χ0v) is 17.8. The Kier molecular flexibility index (Phi) is 4.55. The molecule has 154 valence electrons. The quantitative estimate of drug-likeness (QED) is 0.668. The molecule has 0 atom stereocenters. The van der Waals surface area contributed by atoms with E-state index in [-0.39, 0.29) is 11.7 Å². The number of aryl methyl sites for hydroxylation is 1. The predicted octanol–water partition coefficient (Wildman–Crippen LogP) is 2.39. The fourth-order valence-corrected chi connectivity index (χ4v) is 6.03. The number of amides is 1. The lowest BCUT2D eigenvalue weighted by Crippen LogP contribution is -2.35. The number of para-hydroxylation sites is 2. The van der Waals surface area contributed by atoms with Gasteiger partial charge in [-0.1, -0.05) is 12.1 Å². The zero-order valence-electron chi connectivity index (χ0n) is 16.2. The Bertz CT molecular complexity index is 1310. The first-order valence-corrected chi connectivity index (χ1v) is 12.0. The SMILES string of the molecule is Cc1nc2ccccc2n1CCNC(=O)c1ccc2c(c1)SC1=NS(=O)(=O)CCN12. The lowest BCUT2D eigenvalue weighted by atomic mass is 10.2. The molecule has 30 heavy (non-hydrogen) atoms. The van der Waals surface area contributed by atoms with Crippen molar-refractivity contribution in [2.45, 2.75) is 18.4 Å². The van der Waals surface area contributed by atoms with Gasteiger partial charge < -0.3 is 14.8 Å². The summed E-state index contributed by atoms with van der Waals surface area (Å²) in [5.74, 6) is 0.743. The van der Waals surface area contributed by atoms with Crippen LogP contribution in [-0.2, 0) is 16.6 Å². The minimum absolute atomic E-state index is 0.00108. The van der Waals surface area contributed by atoms with Crippen LogP contribution in [0, 0.1) is 6.92 Å². The number of fused-ring (bicyclic) bond motifs is 4. The summed E-state index contributed by atoms with van der Waals surface area (Å²) in [6, 6.07) is 13.3. The number of rotatable bonds is 4. The molecule has 3 aromatic rings. The first-order chi connectivity index (χ1) is 14.4. The van der Waals surface area contributed by atoms with E-state index in [0.717, 1.165) is 27.4 Å². The van der Waals surface area contributed by atoms with E-state index in [0.29, 0.717) is 30.4 Å². The first kappa shape index (κ1) is 19.1. The molecule has 0 unspecified atom stereocenters. The minimum Gasteiger partial charge on any atom is -0.350 e. The third-order valence-electron chi connectivity index (χ3n) is 5.20. The molecule has 1 aromatic heterocycles. The maximum Gasteiger partial charge on any atom is 0.257 e. The van der Waals surface area contributed by atoms with Crippen molar-refractivity contribution in [2.24, 2.45) is 4.40 Å². The Balaban J connectivity index is 1.29. The van der Waals surface area contributed by atoms with E-state index < -0.39 is 10.0 Å². The number of sulfonamides is 1. The molecule has 1 amide bonds. The number of benzene rings is 2. The number of carbonyl (C=O) groups excluding carboxylic acids is 1. The second-order valence-electron chi connectivity index (χ2n) is 7.15. The summed E-state index contributed by atoms with van der Waals surface area (Å²) in [6.45, 7) is 3.43. The number of hydrogen-bond donors (Lipinski definition) is 1. The summed E-state index contributed by atoms with van der Waals surface area (Å²) in [6.07, 6.45) is 0. The van der Waals surface area contributed by atoms with Gasteiger partial charge in [-0.05, 0) is 49.0 Å². The van der Waals surface area contributed by atoms with Gasteiger partial charge in [-0.2, -0.15) is 0 Å². The van der Waals surface area contributed by atoms with Gasteiger partial charge in [0.1, 0.15) is 5.82 Å². The number of imidazole rings is 1. The van der Waals surface area contributed by atoms with Crippen LogP contribution in [0.4, 0.5) is 5.69 Å². The van der Waals surface area contributed by atoms with Crippen LogP contribution in [0.15, 0.2) is 51.8 Å². The lowest BCUT2D eigenvalue weighted by Gasteiger charge is -2.22. The molecule has 3 heterocycles. The molecule has 1 N–H and O–H groups in total. The molecule has 2 aromatic carbocycles. The van der Waals surface area contributed by atoms with Gasteiger partial charge in [0.25, 0.3) is 15.9 Å². The Morgan fingerprint density at radius 1 is 1.23 bits per heavy atom. The summed E-state index contributed by atoms with van der Waals surface area (Å²) in [5, 5.41) is 3.41. The molecule has 10 heteroatoms. The van der Waals surface area contributed by atoms with Gasteiger partial charge in [0.15, 0.2) is 5.17 Å². The van der Waals surface area contributed by atoms with E-state index in [1.165, 1.54) is 11.8 Å². The van der Waals surface area contributed by atoms with Gasteiger partial charge in [0.05, 0.1) is 22.5 Å². The van der Waals surface area contributed by atoms with Gasteiger partial charge >= 0.3 is 0 Å². The molecule has 2 aliphatic heterocycles. The van der Waals surface area contributed by atoms with Crippen molar-refractivity contribution in [2.75, 3.05) is 23.7 Å². The average Bonchev–Trinajstić information content (AvgIpc) is 3.22. The van der Waals surface area contributed by atoms with Crippen LogP contribution in [0.1, 0.15) is 16.2 Å². The summed E-state index contributed by atoms with van der Waals surface area (Å²) in [7, 11) is -3.40. The van der Waals surface area contributed by atoms with Crippen LogP contribution in [-0.4, -0.2) is 47.9 Å². The highest BCUT2D eigenvalue weighted by atomic mass is 32.2. The first-order valence-electron chi connectivity index (χ1n) is 9.53. The predicted molar refractivity (Wildman–Crippen MR) is 118 cm³/mol. The molecule has 0 spiro atoms. The van der Waals surface area contributed by atoms with E-state index in [2.05, 4.69) is 19.3 Å². The maximum absolute atomic E-state index is 12.7. The molecule has 0 saturated heterocycles. The third kappa shape index (κ3) is 3.35. The number of carbonyl (C=O) groups is 1. The maximum atomic E-state index is 12.7. The number of nitrogens with one attached hydrogen (secondary N) is 1. The Hall–Kier alpha value is -2.85. The van der Waals surface area contributed by atoms with Crippen molar-refractivity contribution >= 4 is 49.6 Å². The summed E-state index contributed by atoms with van der Waals surface area (Å²) in [5.41, 5.74) is 3.42. The average molecular weight is 442 g/mol. The van der Waals surface area contributed by atoms with Crippen molar-refractivity contribution < 1.29 is 13.2 Å². The highest BCUT2D eigenvalue weighted by Crippen LogP contribution is 2.42. The van der Waals surface area contributed by atoms with Crippen LogP contribution in [0.5, 0.6) is 0 Å². The van der Waals surface area contributed by atoms with Gasteiger partial charge in [-0.15, -0.1) is 4.40 Å². The van der Waals surface area contributed by atoms with Gasteiger partial charge in [0.2, 0.25) is 0 Å². The van der Waals surface area contributed by atoms with E-state index >= 15 is 0 Å². The van der Waals surface area contributed by atoms with Crippen molar-refractivity contribution in [3.63, 3.8) is 0 Å². The van der Waals surface area contributed by atoms with Crippen LogP contribution in [0.25, 0.3) is 11.0 Å². The van der Waals surface area contributed by atoms with Gasteiger partial charge in [-0.3, -0.25) is 4.79 Å². The minimum atomic E-state index is -3.40. The van der Waals surface area contributed by atoms with Gasteiger partial charge in [-0.25, -0.2) is 13.4 Å². The normalized spacial score (nSPS) is 16.8. The molecule has 2 aliphatic rings. The lowest BCUT2D eigenvalue weighted by molar-refractivity contribution is 0.0952. The van der Waals surface area contributed by atoms with Crippen LogP contribution >= 0.6 is 11.8 Å². The Morgan fingerprint density at radius 3 is 2.93 bits per heavy atom. The largest absolute Gasteiger partial charge is 0.350 e. The number of aromatic nitrogens is 2. The third-order valence-corrected chi connectivity index (χ3v) is 7.51. The van der Waals surface area contributed by atoms with Crippen molar-refractivity contribution in [1.82, 2.24) is 14.9 Å². The highest BCUT2D eigenvalue weighted by molar-refractivity contribution is 8.15. The van der Waals surface area contributed by atoms with Crippen molar-refractivity contribution in [1.29, 1.82) is 0 Å². The molecule has 5 rings (SSSR count). The Morgan fingerprint density at radius 2 is 2.07 bits per heavy atom. The van der Waals surface area contributed by atoms with Gasteiger partial charge in [0, 0.05) is 30.1 Å². The zero-order chi connectivity index (χ0) is 20.9. The second-order valence-corrected chi connectivity index (χ2v) is 9.92. The molecular weight excluding hydrogens is 422 g/mol. The van der Waals surface area contributed by atoms with Crippen LogP contribution in [0.3, 0.4) is 0 Å². The van der Waals surface area contributed by atoms with Crippen LogP contribution < -0.4 is 10.2 Å². The molecule has 0 fully saturated rings. The van der Waals surface area contributed by atoms with Crippen LogP contribution in [0.2, 0.25) is 0 Å². The summed E-state index contributed by atoms with van der Waals surface area (Å²) >= 11 is 1.28. The molecule has 0 radical (unpaired) electrons. The number of hydrogen-bond acceptors (Lipinski definition) is 6. The molecule has 0 aliphatic carbocycles. The fourth-order valence-electron chi connectivity index (χ4n) is 3.73. The number of anilines is 1. The van der Waals surface area contributed by atoms with Crippen molar-refractivity contribution in [3.8, 4) is 0 Å². The summed E-state index contributed by atoms with van der Waals surface area (Å²) < 4.78 is 29.4. The standard InChI is InChI=1S/C20H19N5O3S2/c1-13-22-15-4-2-3-5-16(15)24(13)9-8-21-19(26)14-6-7-17-18(12-14)29-20-23-30(27,28)11-10-25(17)20/h2-7,12H,8-11H2,1H3,(H,21,26). The van der Waals surface area contributed by atoms with Crippen molar-refractivity contribution in [3.05, 3.63) is 53.9 Å². The fraction of sp³-hybridized carbons (Fsp3) is 0.250. The number of amidine groups is 1. The smallest absolute Gasteiger partial charge is 0.257 e. The number of thioether (sulfide) groups is 1. The van der Waals surface area contributed by atoms with E-state index in [4.69, 9.17) is 0 Å². The van der Waals surface area contributed by atoms with E-state index in [1.807, 2.05) is 42.2 Å². The monoisotopic (exact) mass is 441 g/mol. The van der Waals surface area contributed by atoms with E-state index in [9.17, 15) is 13.2 Å². The van der Waals surface area contributed by atoms with E-state index in [1.54, 1.807) is 12.1 Å². The number of nitrogens with zero attached hydrogens (tertiary/aromatic N) is 4. The molecule has 8 nitrogen and oxygen atoms in total. The molecule has 0 bridgehead atoms. The second kappa shape index (κ2) is 7.13. The highest BCUT2D eigenvalue weighted by Gasteiger charge is 2.33. The summed E-state index contributed by atoms with van der Waals surface area (Å²) in [4.78, 5) is 19.9. The Labute approximate surface area is 178 Å². The molecular formula is C20H19N5O3S2.